The van der Waals surface area contributed by atoms with Gasteiger partial charge in [-0.3, -0.25) is 9.59 Å². The van der Waals surface area contributed by atoms with Gasteiger partial charge in [-0.05, 0) is 61.9 Å². The highest BCUT2D eigenvalue weighted by molar-refractivity contribution is 8.04. The third kappa shape index (κ3) is 4.24. The number of imide groups is 1. The average Bonchev–Trinajstić information content (AvgIpc) is 3.00. The number of halogens is 1. The van der Waals surface area contributed by atoms with Gasteiger partial charge >= 0.3 is 0 Å². The van der Waals surface area contributed by atoms with Gasteiger partial charge in [0.05, 0.1) is 12.8 Å². The van der Waals surface area contributed by atoms with E-state index in [2.05, 4.69) is 5.32 Å². The van der Waals surface area contributed by atoms with Crippen LogP contribution >= 0.6 is 23.4 Å². The van der Waals surface area contributed by atoms with Crippen molar-refractivity contribution < 1.29 is 14.3 Å². The fourth-order valence-corrected chi connectivity index (χ4v) is 4.51. The highest BCUT2D eigenvalue weighted by atomic mass is 35.5. The minimum atomic E-state index is -0.434. The van der Waals surface area contributed by atoms with Gasteiger partial charge in [0.25, 0.3) is 11.8 Å². The molecule has 1 N–H and O–H groups in total. The molecule has 0 saturated heterocycles. The van der Waals surface area contributed by atoms with E-state index in [1.807, 2.05) is 44.2 Å². The number of amides is 2. The normalized spacial score (nSPS) is 13.7. The molecule has 0 bridgehead atoms. The van der Waals surface area contributed by atoms with Crippen molar-refractivity contribution in [1.29, 1.82) is 0 Å². The molecule has 7 heteroatoms. The summed E-state index contributed by atoms with van der Waals surface area (Å²) >= 11 is 7.23. The number of hydrogen-bond donors (Lipinski definition) is 1. The summed E-state index contributed by atoms with van der Waals surface area (Å²) in [5.41, 5.74) is 3.49. The lowest BCUT2D eigenvalue weighted by Gasteiger charge is -2.18. The number of benzene rings is 3. The Balaban J connectivity index is 1.78. The second kappa shape index (κ2) is 9.10. The number of nitrogens with zero attached hydrogens (tertiary/aromatic N) is 1. The lowest BCUT2D eigenvalue weighted by atomic mass is 10.1. The molecule has 1 heterocycles. The number of carbonyl (C=O) groups is 2. The monoisotopic (exact) mass is 464 g/mol. The molecular formula is C25H21ClN2O3S. The number of aryl methyl sites for hydroxylation is 2. The summed E-state index contributed by atoms with van der Waals surface area (Å²) in [7, 11) is 1.51. The van der Waals surface area contributed by atoms with Gasteiger partial charge in [0.15, 0.2) is 0 Å². The van der Waals surface area contributed by atoms with Gasteiger partial charge in [-0.1, -0.05) is 53.2 Å². The van der Waals surface area contributed by atoms with Gasteiger partial charge in [-0.2, -0.15) is 0 Å². The van der Waals surface area contributed by atoms with E-state index in [4.69, 9.17) is 16.3 Å². The van der Waals surface area contributed by atoms with Crippen LogP contribution < -0.4 is 15.0 Å². The van der Waals surface area contributed by atoms with Crippen LogP contribution in [-0.2, 0) is 9.59 Å². The summed E-state index contributed by atoms with van der Waals surface area (Å²) in [5, 5.41) is 3.81. The smallest absolute Gasteiger partial charge is 0.283 e. The Morgan fingerprint density at radius 1 is 0.938 bits per heavy atom. The van der Waals surface area contributed by atoms with E-state index >= 15 is 0 Å². The van der Waals surface area contributed by atoms with Crippen LogP contribution in [0.25, 0.3) is 0 Å². The minimum absolute atomic E-state index is 0.229. The fraction of sp³-hybridized carbons (Fsp3) is 0.120. The Labute approximate surface area is 196 Å². The molecule has 0 atom stereocenters. The molecule has 162 valence electrons. The molecule has 2 amide bonds. The number of anilines is 2. The van der Waals surface area contributed by atoms with E-state index in [9.17, 15) is 9.59 Å². The van der Waals surface area contributed by atoms with Crippen molar-refractivity contribution in [3.05, 3.63) is 93.5 Å². The Bertz CT molecular complexity index is 1240. The summed E-state index contributed by atoms with van der Waals surface area (Å²) in [6.45, 7) is 3.96. The molecule has 0 aliphatic carbocycles. The molecule has 0 aromatic heterocycles. The second-order valence-corrected chi connectivity index (χ2v) is 8.84. The first kappa shape index (κ1) is 22.0. The number of para-hydroxylation sites is 2. The van der Waals surface area contributed by atoms with Crippen molar-refractivity contribution in [2.45, 2.75) is 18.7 Å². The number of rotatable bonds is 6. The number of ether oxygens (including phenoxy) is 1. The van der Waals surface area contributed by atoms with E-state index in [1.54, 1.807) is 36.4 Å². The van der Waals surface area contributed by atoms with Crippen LogP contribution in [-0.4, -0.2) is 18.9 Å². The number of thioether (sulfide) groups is 1. The van der Waals surface area contributed by atoms with Crippen molar-refractivity contribution in [2.24, 2.45) is 0 Å². The lowest BCUT2D eigenvalue weighted by Crippen LogP contribution is -2.32. The predicted octanol–water partition coefficient (Wildman–Crippen LogP) is 5.95. The Hall–Kier alpha value is -3.22. The zero-order valence-corrected chi connectivity index (χ0v) is 19.4. The molecule has 1 aliphatic heterocycles. The van der Waals surface area contributed by atoms with E-state index in [-0.39, 0.29) is 5.70 Å². The zero-order chi connectivity index (χ0) is 22.8. The Morgan fingerprint density at radius 2 is 1.66 bits per heavy atom. The number of carbonyl (C=O) groups excluding carboxylic acids is 2. The molecule has 0 spiro atoms. The van der Waals surface area contributed by atoms with Crippen LogP contribution in [0.2, 0.25) is 5.02 Å². The molecule has 5 nitrogen and oxygen atoms in total. The molecule has 32 heavy (non-hydrogen) atoms. The maximum atomic E-state index is 13.5. The van der Waals surface area contributed by atoms with Crippen molar-refractivity contribution in [1.82, 2.24) is 0 Å². The van der Waals surface area contributed by atoms with E-state index in [0.717, 1.165) is 26.6 Å². The molecule has 3 aromatic rings. The summed E-state index contributed by atoms with van der Waals surface area (Å²) in [4.78, 5) is 29.3. The molecule has 0 radical (unpaired) electrons. The quantitative estimate of drug-likeness (QED) is 0.456. The number of hydrogen-bond acceptors (Lipinski definition) is 5. The van der Waals surface area contributed by atoms with Crippen molar-refractivity contribution in [3.8, 4) is 5.75 Å². The van der Waals surface area contributed by atoms with Gasteiger partial charge in [-0.25, -0.2) is 4.90 Å². The maximum Gasteiger partial charge on any atom is 0.283 e. The predicted molar refractivity (Wildman–Crippen MR) is 129 cm³/mol. The third-order valence-electron chi connectivity index (χ3n) is 5.04. The minimum Gasteiger partial charge on any atom is -0.495 e. The van der Waals surface area contributed by atoms with Crippen LogP contribution in [0, 0.1) is 13.8 Å². The number of methoxy groups -OCH3 is 1. The van der Waals surface area contributed by atoms with Gasteiger partial charge in [0, 0.05) is 15.6 Å². The molecule has 0 unspecified atom stereocenters. The first-order valence-electron chi connectivity index (χ1n) is 9.93. The van der Waals surface area contributed by atoms with Crippen LogP contribution in [0.3, 0.4) is 0 Å². The highest BCUT2D eigenvalue weighted by Gasteiger charge is 2.41. The van der Waals surface area contributed by atoms with Crippen LogP contribution in [0.15, 0.2) is 82.2 Å². The molecule has 0 fully saturated rings. The van der Waals surface area contributed by atoms with Crippen LogP contribution in [0.5, 0.6) is 5.75 Å². The standard InChI is InChI=1S/C25H21ClN2O3S/c1-15-8-13-19(16(2)14-15)27-22-23(32-18-11-9-17(26)10-12-18)25(30)28(24(22)29)20-6-4-5-7-21(20)31-3/h4-14,27H,1-3H3. The largest absolute Gasteiger partial charge is 0.495 e. The molecule has 0 saturated carbocycles. The summed E-state index contributed by atoms with van der Waals surface area (Å²) in [6, 6.07) is 20.0. The van der Waals surface area contributed by atoms with Crippen LogP contribution in [0.4, 0.5) is 11.4 Å². The first-order chi connectivity index (χ1) is 15.4. The number of nitrogens with one attached hydrogen (secondary N) is 1. The maximum absolute atomic E-state index is 13.5. The van der Waals surface area contributed by atoms with Gasteiger partial charge in [0.2, 0.25) is 0 Å². The lowest BCUT2D eigenvalue weighted by molar-refractivity contribution is -0.120. The fourth-order valence-electron chi connectivity index (χ4n) is 3.46. The highest BCUT2D eigenvalue weighted by Crippen LogP contribution is 2.40. The van der Waals surface area contributed by atoms with E-state index < -0.39 is 11.8 Å². The molecule has 3 aromatic carbocycles. The Kier molecular flexibility index (Phi) is 6.26. The van der Waals surface area contributed by atoms with E-state index in [0.29, 0.717) is 21.4 Å². The van der Waals surface area contributed by atoms with Crippen LogP contribution in [0.1, 0.15) is 11.1 Å². The molecular weight excluding hydrogens is 444 g/mol. The zero-order valence-electron chi connectivity index (χ0n) is 17.8. The van der Waals surface area contributed by atoms with Gasteiger partial charge in [-0.15, -0.1) is 0 Å². The molecule has 1 aliphatic rings. The second-order valence-electron chi connectivity index (χ2n) is 7.32. The van der Waals surface area contributed by atoms with E-state index in [1.165, 1.54) is 18.9 Å². The third-order valence-corrected chi connectivity index (χ3v) is 6.39. The topological polar surface area (TPSA) is 58.6 Å². The SMILES string of the molecule is COc1ccccc1N1C(=O)C(Nc2ccc(C)cc2C)=C(Sc2ccc(Cl)cc2)C1=O. The van der Waals surface area contributed by atoms with Crippen molar-refractivity contribution in [2.75, 3.05) is 17.3 Å². The van der Waals surface area contributed by atoms with Crippen molar-refractivity contribution in [3.63, 3.8) is 0 Å². The summed E-state index contributed by atoms with van der Waals surface area (Å²) < 4.78 is 5.40. The molecule has 4 rings (SSSR count). The van der Waals surface area contributed by atoms with Crippen molar-refractivity contribution >= 4 is 46.6 Å². The summed E-state index contributed by atoms with van der Waals surface area (Å²) in [5.74, 6) is -0.402. The summed E-state index contributed by atoms with van der Waals surface area (Å²) in [6.07, 6.45) is 0. The Morgan fingerprint density at radius 3 is 2.34 bits per heavy atom. The average molecular weight is 465 g/mol. The first-order valence-corrected chi connectivity index (χ1v) is 11.1. The van der Waals surface area contributed by atoms with Gasteiger partial charge < -0.3 is 10.1 Å². The van der Waals surface area contributed by atoms with Gasteiger partial charge in [0.1, 0.15) is 16.4 Å².